The summed E-state index contributed by atoms with van der Waals surface area (Å²) < 4.78 is 4.94. The highest BCUT2D eigenvalue weighted by molar-refractivity contribution is 5.93. The van der Waals surface area contributed by atoms with Gasteiger partial charge in [0.05, 0.1) is 0 Å². The van der Waals surface area contributed by atoms with E-state index in [0.29, 0.717) is 29.1 Å². The minimum Gasteiger partial charge on any atom is -0.360 e. The molecule has 2 aromatic heterocycles. The number of aromatic nitrogens is 3. The summed E-state index contributed by atoms with van der Waals surface area (Å²) in [5.74, 6) is 1.57. The van der Waals surface area contributed by atoms with Crippen molar-refractivity contribution in [3.8, 4) is 0 Å². The van der Waals surface area contributed by atoms with Crippen LogP contribution in [0.3, 0.4) is 0 Å². The van der Waals surface area contributed by atoms with Crippen molar-refractivity contribution >= 4 is 17.5 Å². The zero-order valence-corrected chi connectivity index (χ0v) is 10.4. The first-order chi connectivity index (χ1) is 9.20. The summed E-state index contributed by atoms with van der Waals surface area (Å²) in [6.45, 7) is 1.80. The van der Waals surface area contributed by atoms with Crippen LogP contribution >= 0.6 is 0 Å². The zero-order chi connectivity index (χ0) is 13.2. The average Bonchev–Trinajstić information content (AvgIpc) is 3.12. The summed E-state index contributed by atoms with van der Waals surface area (Å²) in [6.07, 6.45) is 3.43. The van der Waals surface area contributed by atoms with Gasteiger partial charge >= 0.3 is 0 Å². The Morgan fingerprint density at radius 2 is 2.16 bits per heavy atom. The maximum Gasteiger partial charge on any atom is 0.270 e. The second-order valence-electron chi connectivity index (χ2n) is 4.48. The number of nitrogens with zero attached hydrogens (tertiary/aromatic N) is 3. The van der Waals surface area contributed by atoms with Gasteiger partial charge in [-0.2, -0.15) is 0 Å². The van der Waals surface area contributed by atoms with Gasteiger partial charge < -0.3 is 15.2 Å². The molecule has 0 radical (unpaired) electrons. The van der Waals surface area contributed by atoms with Crippen molar-refractivity contribution in [2.75, 3.05) is 5.32 Å². The van der Waals surface area contributed by atoms with Crippen molar-refractivity contribution in [1.82, 2.24) is 20.4 Å². The van der Waals surface area contributed by atoms with Gasteiger partial charge in [0.15, 0.2) is 5.82 Å². The van der Waals surface area contributed by atoms with E-state index in [9.17, 15) is 4.79 Å². The molecular weight excluding hydrogens is 246 g/mol. The van der Waals surface area contributed by atoms with Crippen LogP contribution in [0, 0.1) is 6.92 Å². The van der Waals surface area contributed by atoms with E-state index < -0.39 is 0 Å². The second-order valence-corrected chi connectivity index (χ2v) is 4.48. The number of amides is 1. The standard InChI is InChI=1S/C12H13N5O2/c1-7-4-11(17-19-7)16-10-5-9(13-6-14-10)12(18)15-8-2-3-8/h4-6,8H,2-3H2,1H3,(H,15,18)(H,13,14,16,17). The molecule has 1 fully saturated rings. The van der Waals surface area contributed by atoms with E-state index in [1.165, 1.54) is 6.33 Å². The number of aryl methyl sites for hydroxylation is 1. The fourth-order valence-electron chi connectivity index (χ4n) is 1.59. The number of hydrogen-bond donors (Lipinski definition) is 2. The third-order valence-electron chi connectivity index (χ3n) is 2.70. The summed E-state index contributed by atoms with van der Waals surface area (Å²) in [4.78, 5) is 19.8. The van der Waals surface area contributed by atoms with E-state index in [1.54, 1.807) is 19.1 Å². The normalized spacial score (nSPS) is 14.2. The van der Waals surface area contributed by atoms with Crippen molar-refractivity contribution in [1.29, 1.82) is 0 Å². The fourth-order valence-corrected chi connectivity index (χ4v) is 1.59. The van der Waals surface area contributed by atoms with Crippen molar-refractivity contribution in [2.45, 2.75) is 25.8 Å². The summed E-state index contributed by atoms with van der Waals surface area (Å²) in [5, 5.41) is 9.62. The Hall–Kier alpha value is -2.44. The molecule has 0 saturated heterocycles. The number of carbonyl (C=O) groups excluding carboxylic acids is 1. The Morgan fingerprint density at radius 1 is 1.32 bits per heavy atom. The smallest absolute Gasteiger partial charge is 0.270 e. The number of nitrogens with one attached hydrogen (secondary N) is 2. The molecule has 0 bridgehead atoms. The first kappa shape index (κ1) is 11.6. The lowest BCUT2D eigenvalue weighted by Gasteiger charge is -2.04. The van der Waals surface area contributed by atoms with Crippen molar-refractivity contribution < 1.29 is 9.32 Å². The van der Waals surface area contributed by atoms with Gasteiger partial charge in [0.25, 0.3) is 5.91 Å². The lowest BCUT2D eigenvalue weighted by atomic mass is 10.3. The molecule has 2 heterocycles. The predicted octanol–water partition coefficient (Wildman–Crippen LogP) is 1.41. The van der Waals surface area contributed by atoms with Crippen LogP contribution in [0.2, 0.25) is 0 Å². The van der Waals surface area contributed by atoms with Crippen molar-refractivity contribution in [2.24, 2.45) is 0 Å². The lowest BCUT2D eigenvalue weighted by Crippen LogP contribution is -2.26. The summed E-state index contributed by atoms with van der Waals surface area (Å²) in [7, 11) is 0. The number of anilines is 2. The molecule has 7 nitrogen and oxygen atoms in total. The molecule has 0 atom stereocenters. The number of carbonyl (C=O) groups is 1. The van der Waals surface area contributed by atoms with E-state index in [4.69, 9.17) is 4.52 Å². The van der Waals surface area contributed by atoms with Crippen molar-refractivity contribution in [3.63, 3.8) is 0 Å². The largest absolute Gasteiger partial charge is 0.360 e. The van der Waals surface area contributed by atoms with E-state index in [2.05, 4.69) is 25.8 Å². The average molecular weight is 259 g/mol. The molecule has 2 aromatic rings. The third kappa shape index (κ3) is 2.87. The molecular formula is C12H13N5O2. The topological polar surface area (TPSA) is 92.9 Å². The summed E-state index contributed by atoms with van der Waals surface area (Å²) in [6, 6.07) is 3.63. The maximum absolute atomic E-state index is 11.8. The van der Waals surface area contributed by atoms with Crippen LogP contribution in [-0.4, -0.2) is 27.1 Å². The molecule has 0 aromatic carbocycles. The van der Waals surface area contributed by atoms with Gasteiger partial charge in [-0.1, -0.05) is 5.16 Å². The molecule has 7 heteroatoms. The fraction of sp³-hybridized carbons (Fsp3) is 0.333. The molecule has 0 aliphatic heterocycles. The Labute approximate surface area is 109 Å². The van der Waals surface area contributed by atoms with Gasteiger partial charge in [-0.25, -0.2) is 9.97 Å². The van der Waals surface area contributed by atoms with Crippen LogP contribution in [-0.2, 0) is 0 Å². The molecule has 1 saturated carbocycles. The van der Waals surface area contributed by atoms with Crippen LogP contribution < -0.4 is 10.6 Å². The molecule has 1 amide bonds. The van der Waals surface area contributed by atoms with Gasteiger partial charge in [-0.3, -0.25) is 4.79 Å². The van der Waals surface area contributed by atoms with Crippen LogP contribution in [0.25, 0.3) is 0 Å². The molecule has 0 unspecified atom stereocenters. The maximum atomic E-state index is 11.8. The third-order valence-corrected chi connectivity index (χ3v) is 2.70. The van der Waals surface area contributed by atoms with Crippen LogP contribution in [0.1, 0.15) is 29.1 Å². The highest BCUT2D eigenvalue weighted by atomic mass is 16.5. The SMILES string of the molecule is Cc1cc(Nc2cc(C(=O)NC3CC3)ncn2)no1. The molecule has 1 aliphatic carbocycles. The Morgan fingerprint density at radius 3 is 2.84 bits per heavy atom. The highest BCUT2D eigenvalue weighted by Gasteiger charge is 2.24. The molecule has 0 spiro atoms. The predicted molar refractivity (Wildman–Crippen MR) is 67.0 cm³/mol. The monoisotopic (exact) mass is 259 g/mol. The van der Waals surface area contributed by atoms with E-state index >= 15 is 0 Å². The number of hydrogen-bond acceptors (Lipinski definition) is 6. The van der Waals surface area contributed by atoms with Gasteiger partial charge in [-0.05, 0) is 19.8 Å². The van der Waals surface area contributed by atoms with E-state index in [-0.39, 0.29) is 5.91 Å². The van der Waals surface area contributed by atoms with Crippen molar-refractivity contribution in [3.05, 3.63) is 29.9 Å². The van der Waals surface area contributed by atoms with Gasteiger partial charge in [0, 0.05) is 18.2 Å². The number of rotatable bonds is 4. The van der Waals surface area contributed by atoms with Gasteiger partial charge in [0.1, 0.15) is 23.6 Å². The first-order valence-corrected chi connectivity index (χ1v) is 6.04. The summed E-state index contributed by atoms with van der Waals surface area (Å²) >= 11 is 0. The van der Waals surface area contributed by atoms with Gasteiger partial charge in [-0.15, -0.1) is 0 Å². The summed E-state index contributed by atoms with van der Waals surface area (Å²) in [5.41, 5.74) is 0.338. The van der Waals surface area contributed by atoms with E-state index in [0.717, 1.165) is 12.8 Å². The Bertz CT molecular complexity index is 606. The molecule has 2 N–H and O–H groups in total. The molecule has 19 heavy (non-hydrogen) atoms. The Kier molecular flexibility index (Phi) is 2.86. The zero-order valence-electron chi connectivity index (χ0n) is 10.4. The Balaban J connectivity index is 1.73. The highest BCUT2D eigenvalue weighted by Crippen LogP contribution is 2.19. The van der Waals surface area contributed by atoms with Crippen LogP contribution in [0.15, 0.2) is 23.0 Å². The van der Waals surface area contributed by atoms with Crippen LogP contribution in [0.4, 0.5) is 11.6 Å². The molecule has 98 valence electrons. The van der Waals surface area contributed by atoms with E-state index in [1.807, 2.05) is 0 Å². The van der Waals surface area contributed by atoms with Gasteiger partial charge in [0.2, 0.25) is 0 Å². The first-order valence-electron chi connectivity index (χ1n) is 6.04. The minimum atomic E-state index is -0.177. The van der Waals surface area contributed by atoms with Crippen LogP contribution in [0.5, 0.6) is 0 Å². The molecule has 1 aliphatic rings. The lowest BCUT2D eigenvalue weighted by molar-refractivity contribution is 0.0946. The second kappa shape index (κ2) is 4.68. The minimum absolute atomic E-state index is 0.177. The molecule has 3 rings (SSSR count). The quantitative estimate of drug-likeness (QED) is 0.862.